The zero-order valence-electron chi connectivity index (χ0n) is 10.9. The van der Waals surface area contributed by atoms with Crippen LogP contribution in [0.3, 0.4) is 0 Å². The molecule has 2 aromatic carbocycles. The highest BCUT2D eigenvalue weighted by Gasteiger charge is 2.17. The Bertz CT molecular complexity index is 897. The van der Waals surface area contributed by atoms with Crippen LogP contribution in [-0.4, -0.2) is 10.8 Å². The molecule has 0 unspecified atom stereocenters. The lowest BCUT2D eigenvalue weighted by molar-refractivity contribution is 0.103. The molecule has 0 spiro atoms. The number of carbonyl (C=O) groups excluding carboxylic acids is 1. The molecule has 0 amide bonds. The van der Waals surface area contributed by atoms with Crippen molar-refractivity contribution in [2.75, 3.05) is 0 Å². The molecule has 0 atom stereocenters. The second-order valence-electron chi connectivity index (χ2n) is 4.53. The van der Waals surface area contributed by atoms with Crippen molar-refractivity contribution in [3.05, 3.63) is 77.4 Å². The highest BCUT2D eigenvalue weighted by molar-refractivity contribution is 6.09. The summed E-state index contributed by atoms with van der Waals surface area (Å²) in [5.41, 5.74) is 0.0278. The van der Waals surface area contributed by atoms with Crippen LogP contribution in [0.4, 0.5) is 4.39 Å². The molecule has 21 heavy (non-hydrogen) atoms. The number of benzene rings is 2. The topological polar surface area (TPSA) is 53.8 Å². The van der Waals surface area contributed by atoms with Gasteiger partial charge < -0.3 is 0 Å². The fraction of sp³-hybridized carbons (Fsp3) is 0. The lowest BCUT2D eigenvalue weighted by Gasteiger charge is -2.04. The van der Waals surface area contributed by atoms with E-state index >= 15 is 0 Å². The minimum atomic E-state index is -0.729. The summed E-state index contributed by atoms with van der Waals surface area (Å²) < 4.78 is 13.8. The predicted molar refractivity (Wildman–Crippen MR) is 76.3 cm³/mol. The summed E-state index contributed by atoms with van der Waals surface area (Å²) in [6, 6.07) is 16.8. The van der Waals surface area contributed by atoms with Crippen molar-refractivity contribution < 1.29 is 9.18 Å². The van der Waals surface area contributed by atoms with Gasteiger partial charge in [0, 0.05) is 5.56 Å². The molecule has 0 saturated heterocycles. The molecule has 3 nitrogen and oxygen atoms in total. The van der Waals surface area contributed by atoms with Gasteiger partial charge in [0.1, 0.15) is 17.5 Å². The van der Waals surface area contributed by atoms with Gasteiger partial charge in [-0.15, -0.1) is 0 Å². The molecule has 0 bridgehead atoms. The average Bonchev–Trinajstić information content (AvgIpc) is 2.54. The van der Waals surface area contributed by atoms with Gasteiger partial charge in [0.2, 0.25) is 5.78 Å². The minimum Gasteiger partial charge on any atom is -0.287 e. The Hall–Kier alpha value is -3.06. The standard InChI is InChI=1S/C17H9FN2O/c18-15-8-7-14(10-19)20-16(15)17(21)13-6-5-11-3-1-2-4-12(11)9-13/h1-9H. The normalized spacial score (nSPS) is 10.3. The Labute approximate surface area is 120 Å². The smallest absolute Gasteiger partial charge is 0.214 e. The van der Waals surface area contributed by atoms with E-state index < -0.39 is 11.6 Å². The maximum absolute atomic E-state index is 13.8. The highest BCUT2D eigenvalue weighted by Crippen LogP contribution is 2.18. The van der Waals surface area contributed by atoms with E-state index in [4.69, 9.17) is 5.26 Å². The first-order valence-corrected chi connectivity index (χ1v) is 6.29. The molecular weight excluding hydrogens is 267 g/mol. The number of hydrogen-bond acceptors (Lipinski definition) is 3. The van der Waals surface area contributed by atoms with Crippen molar-refractivity contribution in [1.29, 1.82) is 5.26 Å². The zero-order chi connectivity index (χ0) is 14.8. The average molecular weight is 276 g/mol. The lowest BCUT2D eigenvalue weighted by atomic mass is 10.0. The van der Waals surface area contributed by atoms with Gasteiger partial charge in [0.05, 0.1) is 0 Å². The molecule has 0 fully saturated rings. The van der Waals surface area contributed by atoms with Crippen LogP contribution in [0.15, 0.2) is 54.6 Å². The van der Waals surface area contributed by atoms with E-state index in [9.17, 15) is 9.18 Å². The van der Waals surface area contributed by atoms with E-state index in [0.29, 0.717) is 5.56 Å². The van der Waals surface area contributed by atoms with E-state index in [2.05, 4.69) is 4.98 Å². The molecule has 100 valence electrons. The highest BCUT2D eigenvalue weighted by atomic mass is 19.1. The van der Waals surface area contributed by atoms with Crippen LogP contribution in [0.25, 0.3) is 10.8 Å². The molecule has 4 heteroatoms. The Morgan fingerprint density at radius 1 is 1.05 bits per heavy atom. The largest absolute Gasteiger partial charge is 0.287 e. The number of nitriles is 1. The van der Waals surface area contributed by atoms with Crippen molar-refractivity contribution in [3.8, 4) is 6.07 Å². The van der Waals surface area contributed by atoms with Gasteiger partial charge in [-0.1, -0.05) is 36.4 Å². The van der Waals surface area contributed by atoms with Crippen molar-refractivity contribution in [2.24, 2.45) is 0 Å². The van der Waals surface area contributed by atoms with Crippen LogP contribution in [0.2, 0.25) is 0 Å². The molecule has 3 rings (SSSR count). The molecule has 0 aliphatic carbocycles. The van der Waals surface area contributed by atoms with Crippen molar-refractivity contribution in [3.63, 3.8) is 0 Å². The number of nitrogens with zero attached hydrogens (tertiary/aromatic N) is 2. The molecule has 0 radical (unpaired) electrons. The summed E-state index contributed by atoms with van der Waals surface area (Å²) in [5, 5.41) is 10.7. The van der Waals surface area contributed by atoms with E-state index in [-0.39, 0.29) is 11.4 Å². The number of halogens is 1. The Morgan fingerprint density at radius 2 is 1.81 bits per heavy atom. The van der Waals surface area contributed by atoms with E-state index in [1.165, 1.54) is 6.07 Å². The monoisotopic (exact) mass is 276 g/mol. The molecule has 0 aliphatic heterocycles. The van der Waals surface area contributed by atoms with Crippen molar-refractivity contribution >= 4 is 16.6 Å². The molecule has 0 aliphatic rings. The first kappa shape index (κ1) is 12.9. The maximum atomic E-state index is 13.8. The third-order valence-corrected chi connectivity index (χ3v) is 3.19. The second-order valence-corrected chi connectivity index (χ2v) is 4.53. The molecule has 3 aromatic rings. The summed E-state index contributed by atoms with van der Waals surface area (Å²) in [5.74, 6) is -1.26. The third-order valence-electron chi connectivity index (χ3n) is 3.19. The van der Waals surface area contributed by atoms with Gasteiger partial charge in [-0.3, -0.25) is 4.79 Å². The van der Waals surface area contributed by atoms with Crippen LogP contribution in [0.1, 0.15) is 21.7 Å². The van der Waals surface area contributed by atoms with Gasteiger partial charge in [-0.2, -0.15) is 5.26 Å². The molecule has 0 N–H and O–H groups in total. The number of aromatic nitrogens is 1. The van der Waals surface area contributed by atoms with Gasteiger partial charge in [-0.25, -0.2) is 9.37 Å². The second kappa shape index (κ2) is 5.14. The lowest BCUT2D eigenvalue weighted by Crippen LogP contribution is -2.08. The minimum absolute atomic E-state index is 0.0144. The molecule has 1 heterocycles. The first-order valence-electron chi connectivity index (χ1n) is 6.29. The van der Waals surface area contributed by atoms with Crippen LogP contribution >= 0.6 is 0 Å². The van der Waals surface area contributed by atoms with Gasteiger partial charge in [-0.05, 0) is 29.0 Å². The van der Waals surface area contributed by atoms with E-state index in [1.807, 2.05) is 24.3 Å². The number of hydrogen-bond donors (Lipinski definition) is 0. The maximum Gasteiger partial charge on any atom is 0.214 e. The quantitative estimate of drug-likeness (QED) is 0.673. The zero-order valence-corrected chi connectivity index (χ0v) is 10.9. The van der Waals surface area contributed by atoms with Gasteiger partial charge >= 0.3 is 0 Å². The van der Waals surface area contributed by atoms with Gasteiger partial charge in [0.25, 0.3) is 0 Å². The fourth-order valence-electron chi connectivity index (χ4n) is 2.13. The molecular formula is C17H9FN2O. The molecule has 1 aromatic heterocycles. The Morgan fingerprint density at radius 3 is 2.57 bits per heavy atom. The van der Waals surface area contributed by atoms with Crippen LogP contribution in [0, 0.1) is 17.1 Å². The predicted octanol–water partition coefficient (Wildman–Crippen LogP) is 3.48. The first-order chi connectivity index (χ1) is 10.2. The summed E-state index contributed by atoms with van der Waals surface area (Å²) in [4.78, 5) is 16.1. The van der Waals surface area contributed by atoms with Crippen LogP contribution in [0.5, 0.6) is 0 Å². The Balaban J connectivity index is 2.10. The van der Waals surface area contributed by atoms with E-state index in [0.717, 1.165) is 16.8 Å². The number of rotatable bonds is 2. The number of fused-ring (bicyclic) bond motifs is 1. The Kier molecular flexibility index (Phi) is 3.17. The number of carbonyl (C=O) groups is 1. The molecule has 0 saturated carbocycles. The fourth-order valence-corrected chi connectivity index (χ4v) is 2.13. The SMILES string of the molecule is N#Cc1ccc(F)c(C(=O)c2ccc3ccccc3c2)n1. The van der Waals surface area contributed by atoms with Crippen molar-refractivity contribution in [2.45, 2.75) is 0 Å². The third kappa shape index (κ3) is 2.37. The number of pyridine rings is 1. The summed E-state index contributed by atoms with van der Waals surface area (Å²) in [7, 11) is 0. The number of ketones is 1. The van der Waals surface area contributed by atoms with E-state index in [1.54, 1.807) is 24.3 Å². The van der Waals surface area contributed by atoms with Crippen LogP contribution < -0.4 is 0 Å². The summed E-state index contributed by atoms with van der Waals surface area (Å²) in [6.07, 6.45) is 0. The summed E-state index contributed by atoms with van der Waals surface area (Å²) >= 11 is 0. The van der Waals surface area contributed by atoms with Crippen molar-refractivity contribution in [1.82, 2.24) is 4.98 Å². The van der Waals surface area contributed by atoms with Crippen LogP contribution in [-0.2, 0) is 0 Å². The summed E-state index contributed by atoms with van der Waals surface area (Å²) in [6.45, 7) is 0. The van der Waals surface area contributed by atoms with Gasteiger partial charge in [0.15, 0.2) is 5.82 Å².